The lowest BCUT2D eigenvalue weighted by Crippen LogP contribution is -2.39. The number of nitrogens with one attached hydrogen (secondary N) is 1. The Hall–Kier alpha value is -3.06. The highest BCUT2D eigenvalue weighted by Gasteiger charge is 2.27. The summed E-state index contributed by atoms with van der Waals surface area (Å²) < 4.78 is 5.96. The number of carboxylic acid groups (broad SMARTS) is 1. The molecule has 4 rings (SSSR count). The Kier molecular flexibility index (Phi) is 7.73. The highest BCUT2D eigenvalue weighted by Crippen LogP contribution is 2.30. The maximum Gasteiger partial charge on any atom is 0.321 e. The molecule has 1 aliphatic carbocycles. The van der Waals surface area contributed by atoms with Crippen molar-refractivity contribution in [3.05, 3.63) is 58.6 Å². The lowest BCUT2D eigenvalue weighted by atomic mass is 9.87. The van der Waals surface area contributed by atoms with E-state index in [1.54, 1.807) is 35.2 Å². The van der Waals surface area contributed by atoms with Crippen molar-refractivity contribution in [2.45, 2.75) is 51.0 Å². The SMILES string of the molecule is O=C(CCCNC(=O)N1CCc2cc(Cl)ccc21)c1ccc(OC2CCC(C(=O)O)CC2)cc1. The highest BCUT2D eigenvalue weighted by atomic mass is 35.5. The van der Waals surface area contributed by atoms with Crippen LogP contribution in [-0.4, -0.2) is 42.1 Å². The van der Waals surface area contributed by atoms with Crippen LogP contribution >= 0.6 is 11.6 Å². The number of rotatable bonds is 8. The Labute approximate surface area is 204 Å². The fourth-order valence-electron chi connectivity index (χ4n) is 4.60. The first kappa shape index (κ1) is 24.1. The van der Waals surface area contributed by atoms with E-state index in [-0.39, 0.29) is 23.8 Å². The van der Waals surface area contributed by atoms with Gasteiger partial charge in [-0.05, 0) is 86.6 Å². The van der Waals surface area contributed by atoms with Crippen molar-refractivity contribution in [3.63, 3.8) is 0 Å². The standard InChI is InChI=1S/C26H29ClN2O5/c27-20-7-12-23-19(16-20)13-15-29(23)26(33)28-14-1-2-24(30)17-3-8-21(9-4-17)34-22-10-5-18(6-11-22)25(31)32/h3-4,7-9,12,16,18,22H,1-2,5-6,10-11,13-15H2,(H,28,33)(H,31,32). The van der Waals surface area contributed by atoms with Crippen LogP contribution in [0.25, 0.3) is 0 Å². The minimum Gasteiger partial charge on any atom is -0.490 e. The Morgan fingerprint density at radius 3 is 2.50 bits per heavy atom. The zero-order valence-corrected chi connectivity index (χ0v) is 19.7. The average molecular weight is 485 g/mol. The van der Waals surface area contributed by atoms with E-state index < -0.39 is 5.97 Å². The number of anilines is 1. The molecule has 2 amide bonds. The highest BCUT2D eigenvalue weighted by molar-refractivity contribution is 6.30. The van der Waals surface area contributed by atoms with Gasteiger partial charge < -0.3 is 15.2 Å². The minimum absolute atomic E-state index is 0.0142. The molecule has 8 heteroatoms. The van der Waals surface area contributed by atoms with E-state index in [0.717, 1.165) is 30.5 Å². The van der Waals surface area contributed by atoms with E-state index in [9.17, 15) is 14.4 Å². The number of ketones is 1. The molecule has 1 heterocycles. The third-order valence-electron chi connectivity index (χ3n) is 6.54. The van der Waals surface area contributed by atoms with Gasteiger partial charge >= 0.3 is 12.0 Å². The van der Waals surface area contributed by atoms with E-state index in [4.69, 9.17) is 21.4 Å². The minimum atomic E-state index is -0.729. The Morgan fingerprint density at radius 1 is 1.06 bits per heavy atom. The second kappa shape index (κ2) is 10.9. The maximum absolute atomic E-state index is 12.5. The third kappa shape index (κ3) is 5.89. The monoisotopic (exact) mass is 484 g/mol. The van der Waals surface area contributed by atoms with Gasteiger partial charge in [-0.3, -0.25) is 14.5 Å². The van der Waals surface area contributed by atoms with Crippen LogP contribution in [0.3, 0.4) is 0 Å². The molecular weight excluding hydrogens is 456 g/mol. The number of ether oxygens (including phenoxy) is 1. The maximum atomic E-state index is 12.5. The quantitative estimate of drug-likeness (QED) is 0.401. The molecule has 2 aromatic carbocycles. The molecule has 2 N–H and O–H groups in total. The fraction of sp³-hybridized carbons (Fsp3) is 0.423. The first-order valence-corrected chi connectivity index (χ1v) is 12.1. The second-order valence-corrected chi connectivity index (χ2v) is 9.32. The number of fused-ring (bicyclic) bond motifs is 1. The first-order valence-electron chi connectivity index (χ1n) is 11.8. The molecule has 7 nitrogen and oxygen atoms in total. The van der Waals surface area contributed by atoms with Crippen LogP contribution in [-0.2, 0) is 11.2 Å². The smallest absolute Gasteiger partial charge is 0.321 e. The van der Waals surface area contributed by atoms with Crippen LogP contribution in [0.2, 0.25) is 5.02 Å². The van der Waals surface area contributed by atoms with Gasteiger partial charge in [0.2, 0.25) is 0 Å². The van der Waals surface area contributed by atoms with Gasteiger partial charge in [0.25, 0.3) is 0 Å². The van der Waals surface area contributed by atoms with Crippen molar-refractivity contribution < 1.29 is 24.2 Å². The van der Waals surface area contributed by atoms with E-state index in [2.05, 4.69) is 5.32 Å². The van der Waals surface area contributed by atoms with E-state index >= 15 is 0 Å². The summed E-state index contributed by atoms with van der Waals surface area (Å²) in [6, 6.07) is 12.5. The van der Waals surface area contributed by atoms with Gasteiger partial charge in [-0.25, -0.2) is 4.79 Å². The largest absolute Gasteiger partial charge is 0.490 e. The van der Waals surface area contributed by atoms with Gasteiger partial charge in [0.1, 0.15) is 5.75 Å². The molecule has 0 aromatic heterocycles. The molecule has 0 radical (unpaired) electrons. The van der Waals surface area contributed by atoms with Crippen LogP contribution < -0.4 is 15.0 Å². The molecule has 0 spiro atoms. The number of urea groups is 1. The molecule has 2 aliphatic rings. The third-order valence-corrected chi connectivity index (χ3v) is 6.78. The van der Waals surface area contributed by atoms with Crippen molar-refractivity contribution in [2.24, 2.45) is 5.92 Å². The van der Waals surface area contributed by atoms with Gasteiger partial charge in [0.05, 0.1) is 12.0 Å². The number of carbonyl (C=O) groups is 3. The van der Waals surface area contributed by atoms with Crippen molar-refractivity contribution in [1.29, 1.82) is 0 Å². The summed E-state index contributed by atoms with van der Waals surface area (Å²) in [6.07, 6.45) is 4.39. The number of carboxylic acids is 1. The van der Waals surface area contributed by atoms with Crippen molar-refractivity contribution in [1.82, 2.24) is 5.32 Å². The van der Waals surface area contributed by atoms with Gasteiger partial charge in [-0.15, -0.1) is 0 Å². The average Bonchev–Trinajstić information content (AvgIpc) is 3.25. The van der Waals surface area contributed by atoms with Crippen molar-refractivity contribution in [2.75, 3.05) is 18.0 Å². The van der Waals surface area contributed by atoms with Gasteiger partial charge in [-0.2, -0.15) is 0 Å². The normalized spacial score (nSPS) is 19.4. The molecular formula is C26H29ClN2O5. The molecule has 0 atom stereocenters. The number of amides is 2. The zero-order chi connectivity index (χ0) is 24.1. The van der Waals surface area contributed by atoms with E-state index in [1.165, 1.54) is 0 Å². The lowest BCUT2D eigenvalue weighted by Gasteiger charge is -2.26. The number of nitrogens with zero attached hydrogens (tertiary/aromatic N) is 1. The zero-order valence-electron chi connectivity index (χ0n) is 19.0. The molecule has 34 heavy (non-hydrogen) atoms. The molecule has 0 unspecified atom stereocenters. The van der Waals surface area contributed by atoms with Crippen LogP contribution in [0.1, 0.15) is 54.4 Å². The number of Topliss-reactive ketones (excluding diaryl/α,β-unsaturated/α-hetero) is 1. The van der Waals surface area contributed by atoms with E-state index in [1.807, 2.05) is 12.1 Å². The van der Waals surface area contributed by atoms with Crippen LogP contribution in [0.5, 0.6) is 5.75 Å². The molecule has 1 aliphatic heterocycles. The van der Waals surface area contributed by atoms with E-state index in [0.29, 0.717) is 55.1 Å². The number of aliphatic carboxylic acids is 1. The number of hydrogen-bond acceptors (Lipinski definition) is 4. The predicted molar refractivity (Wildman–Crippen MR) is 130 cm³/mol. The topological polar surface area (TPSA) is 95.9 Å². The Bertz CT molecular complexity index is 1050. The van der Waals surface area contributed by atoms with Gasteiger partial charge in [-0.1, -0.05) is 11.6 Å². The Balaban J connectivity index is 1.18. The lowest BCUT2D eigenvalue weighted by molar-refractivity contribution is -0.143. The molecule has 1 fully saturated rings. The fourth-order valence-corrected chi connectivity index (χ4v) is 4.80. The number of halogens is 1. The molecule has 180 valence electrons. The van der Waals surface area contributed by atoms with Crippen LogP contribution in [0.15, 0.2) is 42.5 Å². The van der Waals surface area contributed by atoms with Gasteiger partial charge in [0, 0.05) is 35.8 Å². The van der Waals surface area contributed by atoms with Crippen molar-refractivity contribution in [3.8, 4) is 5.75 Å². The number of benzene rings is 2. The van der Waals surface area contributed by atoms with Gasteiger partial charge in [0.15, 0.2) is 5.78 Å². The molecule has 2 aromatic rings. The summed E-state index contributed by atoms with van der Waals surface area (Å²) in [5.74, 6) is -0.291. The number of carbonyl (C=O) groups excluding carboxylic acids is 2. The Morgan fingerprint density at radius 2 is 1.79 bits per heavy atom. The summed E-state index contributed by atoms with van der Waals surface area (Å²) in [4.78, 5) is 37.8. The summed E-state index contributed by atoms with van der Waals surface area (Å²) in [7, 11) is 0. The van der Waals surface area contributed by atoms with Crippen molar-refractivity contribution >= 4 is 35.1 Å². The van der Waals surface area contributed by atoms with Crippen LogP contribution in [0, 0.1) is 5.92 Å². The molecule has 0 saturated heterocycles. The van der Waals surface area contributed by atoms with Crippen LogP contribution in [0.4, 0.5) is 10.5 Å². The predicted octanol–water partition coefficient (Wildman–Crippen LogP) is 5.10. The second-order valence-electron chi connectivity index (χ2n) is 8.89. The number of hydrogen-bond donors (Lipinski definition) is 2. The summed E-state index contributed by atoms with van der Waals surface area (Å²) in [5.41, 5.74) is 2.56. The summed E-state index contributed by atoms with van der Waals surface area (Å²) in [6.45, 7) is 1.04. The molecule has 0 bridgehead atoms. The molecule has 1 saturated carbocycles. The summed E-state index contributed by atoms with van der Waals surface area (Å²) >= 11 is 6.02. The summed E-state index contributed by atoms with van der Waals surface area (Å²) in [5, 5.41) is 12.7. The first-order chi connectivity index (χ1) is 16.4.